The van der Waals surface area contributed by atoms with Crippen molar-refractivity contribution in [1.29, 1.82) is 0 Å². The molecule has 5 atom stereocenters. The minimum atomic E-state index is -1.84. The molecule has 4 heteroatoms. The van der Waals surface area contributed by atoms with Crippen LogP contribution in [0.25, 0.3) is 0 Å². The Kier molecular flexibility index (Phi) is 4.15. The standard InChI is InChI=1S/C21H38O3Si/c1-14-9-10-21-12-15(17(22)23)11-20(14,21)13-16(19(21,5)6)24-25(7,8)18(2,3)4/h14-16H,9-13H2,1-8H3,(H,22,23)/t14-,15+,16?,20-,21+/m1/s1. The molecule has 0 heterocycles. The number of carboxylic acid groups (broad SMARTS) is 1. The van der Waals surface area contributed by atoms with Crippen LogP contribution in [0.15, 0.2) is 0 Å². The minimum Gasteiger partial charge on any atom is -0.481 e. The molecule has 0 bridgehead atoms. The Bertz CT molecular complexity index is 576. The Hall–Kier alpha value is -0.353. The molecule has 0 saturated heterocycles. The maximum absolute atomic E-state index is 11.8. The van der Waals surface area contributed by atoms with E-state index in [0.717, 1.165) is 19.3 Å². The largest absolute Gasteiger partial charge is 0.481 e. The van der Waals surface area contributed by atoms with Crippen LogP contribution in [0, 0.1) is 28.1 Å². The third-order valence-electron chi connectivity index (χ3n) is 9.29. The van der Waals surface area contributed by atoms with Crippen LogP contribution < -0.4 is 0 Å². The van der Waals surface area contributed by atoms with E-state index in [4.69, 9.17) is 4.43 Å². The van der Waals surface area contributed by atoms with Crippen LogP contribution in [0.1, 0.15) is 73.6 Å². The van der Waals surface area contributed by atoms with Crippen molar-refractivity contribution in [3.05, 3.63) is 0 Å². The molecule has 144 valence electrons. The zero-order valence-electron chi connectivity index (χ0n) is 17.5. The maximum Gasteiger partial charge on any atom is 0.306 e. The summed E-state index contributed by atoms with van der Waals surface area (Å²) < 4.78 is 6.98. The molecule has 25 heavy (non-hydrogen) atoms. The monoisotopic (exact) mass is 366 g/mol. The zero-order valence-corrected chi connectivity index (χ0v) is 18.5. The Morgan fingerprint density at radius 2 is 1.76 bits per heavy atom. The first-order chi connectivity index (χ1) is 11.2. The van der Waals surface area contributed by atoms with E-state index in [2.05, 4.69) is 54.6 Å². The highest BCUT2D eigenvalue weighted by Crippen LogP contribution is 2.80. The van der Waals surface area contributed by atoms with Crippen molar-refractivity contribution in [2.45, 2.75) is 97.9 Å². The third kappa shape index (κ3) is 2.35. The fourth-order valence-electron chi connectivity index (χ4n) is 6.59. The minimum absolute atomic E-state index is 0.0531. The number of carboxylic acids is 1. The van der Waals surface area contributed by atoms with E-state index in [1.54, 1.807) is 0 Å². The maximum atomic E-state index is 11.8. The van der Waals surface area contributed by atoms with Gasteiger partial charge in [0, 0.05) is 0 Å². The first kappa shape index (κ1) is 19.4. The average Bonchev–Trinajstić information content (AvgIpc) is 2.96. The first-order valence-corrected chi connectivity index (χ1v) is 13.0. The Morgan fingerprint density at radius 3 is 2.24 bits per heavy atom. The Balaban J connectivity index is 1.98. The average molecular weight is 367 g/mol. The SMILES string of the molecule is C[C@@H]1CC[C@@]23C[C@@H](C(=O)O)C[C@@]12CC(O[Si](C)(C)C(C)(C)C)C3(C)C. The van der Waals surface area contributed by atoms with Gasteiger partial charge >= 0.3 is 5.97 Å². The van der Waals surface area contributed by atoms with Gasteiger partial charge in [0.25, 0.3) is 0 Å². The van der Waals surface area contributed by atoms with Crippen LogP contribution in [-0.4, -0.2) is 25.5 Å². The molecule has 0 aliphatic heterocycles. The molecule has 3 nitrogen and oxygen atoms in total. The number of rotatable bonds is 3. The number of carbonyl (C=O) groups is 1. The zero-order chi connectivity index (χ0) is 19.1. The van der Waals surface area contributed by atoms with Gasteiger partial charge in [0.05, 0.1) is 12.0 Å². The second-order valence-electron chi connectivity index (χ2n) is 11.4. The molecular weight excluding hydrogens is 328 g/mol. The van der Waals surface area contributed by atoms with Crippen molar-refractivity contribution in [2.24, 2.45) is 28.1 Å². The summed E-state index contributed by atoms with van der Waals surface area (Å²) in [6, 6.07) is 0. The van der Waals surface area contributed by atoms with Crippen LogP contribution in [0.2, 0.25) is 18.1 Å². The second-order valence-corrected chi connectivity index (χ2v) is 16.2. The molecule has 3 fully saturated rings. The molecule has 0 radical (unpaired) electrons. The lowest BCUT2D eigenvalue weighted by molar-refractivity contribution is -0.142. The van der Waals surface area contributed by atoms with Crippen LogP contribution in [0.5, 0.6) is 0 Å². The summed E-state index contributed by atoms with van der Waals surface area (Å²) in [6.07, 6.45) is 5.50. The van der Waals surface area contributed by atoms with Gasteiger partial charge in [0.1, 0.15) is 0 Å². The fraction of sp³-hybridized carbons (Fsp3) is 0.952. The van der Waals surface area contributed by atoms with Gasteiger partial charge < -0.3 is 9.53 Å². The van der Waals surface area contributed by atoms with Crippen LogP contribution in [0.3, 0.4) is 0 Å². The van der Waals surface area contributed by atoms with E-state index in [1.807, 2.05) is 0 Å². The molecule has 3 aliphatic carbocycles. The summed E-state index contributed by atoms with van der Waals surface area (Å²) in [5.74, 6) is -0.125. The predicted octanol–water partition coefficient (Wildman–Crippen LogP) is 5.70. The van der Waals surface area contributed by atoms with E-state index in [-0.39, 0.29) is 33.3 Å². The highest BCUT2D eigenvalue weighted by atomic mass is 28.4. The number of aliphatic carboxylic acids is 1. The van der Waals surface area contributed by atoms with Crippen LogP contribution in [-0.2, 0) is 9.22 Å². The number of hydrogen-bond acceptors (Lipinski definition) is 2. The highest BCUT2D eigenvalue weighted by Gasteiger charge is 2.75. The molecule has 3 aliphatic rings. The molecule has 3 saturated carbocycles. The second kappa shape index (κ2) is 5.34. The summed E-state index contributed by atoms with van der Waals surface area (Å²) in [4.78, 5) is 11.8. The van der Waals surface area contributed by atoms with Crippen molar-refractivity contribution in [1.82, 2.24) is 0 Å². The van der Waals surface area contributed by atoms with Crippen LogP contribution in [0.4, 0.5) is 0 Å². The smallest absolute Gasteiger partial charge is 0.306 e. The topological polar surface area (TPSA) is 46.5 Å². The summed E-state index contributed by atoms with van der Waals surface area (Å²) in [5.41, 5.74) is 0.375. The van der Waals surface area contributed by atoms with Gasteiger partial charge in [-0.25, -0.2) is 0 Å². The molecule has 1 unspecified atom stereocenters. The van der Waals surface area contributed by atoms with Gasteiger partial charge in [-0.1, -0.05) is 41.5 Å². The van der Waals surface area contributed by atoms with E-state index >= 15 is 0 Å². The van der Waals surface area contributed by atoms with Gasteiger partial charge in [0.2, 0.25) is 0 Å². The normalized spacial score (nSPS) is 43.1. The lowest BCUT2D eigenvalue weighted by atomic mass is 9.59. The van der Waals surface area contributed by atoms with E-state index in [0.29, 0.717) is 5.92 Å². The van der Waals surface area contributed by atoms with Crippen LogP contribution >= 0.6 is 0 Å². The third-order valence-corrected chi connectivity index (χ3v) is 13.8. The Morgan fingerprint density at radius 1 is 1.16 bits per heavy atom. The van der Waals surface area contributed by atoms with E-state index in [1.165, 1.54) is 12.8 Å². The van der Waals surface area contributed by atoms with E-state index in [9.17, 15) is 9.90 Å². The molecule has 0 aromatic carbocycles. The summed E-state index contributed by atoms with van der Waals surface area (Å²) in [7, 11) is -1.84. The summed E-state index contributed by atoms with van der Waals surface area (Å²) in [6.45, 7) is 18.8. The van der Waals surface area contributed by atoms with Crippen molar-refractivity contribution >= 4 is 14.3 Å². The first-order valence-electron chi connectivity index (χ1n) is 10.1. The quantitative estimate of drug-likeness (QED) is 0.651. The van der Waals surface area contributed by atoms with Gasteiger partial charge in [-0.2, -0.15) is 0 Å². The molecule has 0 aromatic rings. The van der Waals surface area contributed by atoms with Crippen molar-refractivity contribution in [3.8, 4) is 0 Å². The molecule has 0 spiro atoms. The summed E-state index contributed by atoms with van der Waals surface area (Å²) in [5, 5.41) is 9.92. The lowest BCUT2D eigenvalue weighted by Gasteiger charge is -2.48. The lowest BCUT2D eigenvalue weighted by Crippen LogP contribution is -2.49. The van der Waals surface area contributed by atoms with Gasteiger partial charge in [-0.15, -0.1) is 0 Å². The predicted molar refractivity (Wildman–Crippen MR) is 104 cm³/mol. The van der Waals surface area contributed by atoms with Gasteiger partial charge in [0.15, 0.2) is 8.32 Å². The number of hydrogen-bond donors (Lipinski definition) is 1. The molecule has 3 rings (SSSR count). The summed E-state index contributed by atoms with van der Waals surface area (Å²) >= 11 is 0. The van der Waals surface area contributed by atoms with Crippen molar-refractivity contribution in [2.75, 3.05) is 0 Å². The van der Waals surface area contributed by atoms with E-state index < -0.39 is 14.3 Å². The van der Waals surface area contributed by atoms with Gasteiger partial charge in [-0.05, 0) is 72.4 Å². The highest BCUT2D eigenvalue weighted by molar-refractivity contribution is 6.74. The van der Waals surface area contributed by atoms with Crippen molar-refractivity contribution < 1.29 is 14.3 Å². The van der Waals surface area contributed by atoms with Crippen molar-refractivity contribution in [3.63, 3.8) is 0 Å². The molecule has 0 amide bonds. The molecule has 1 N–H and O–H groups in total. The fourth-order valence-corrected chi connectivity index (χ4v) is 8.03. The molecular formula is C21H38O3Si. The Labute approximate surface area is 155 Å². The van der Waals surface area contributed by atoms with Gasteiger partial charge in [-0.3, -0.25) is 4.79 Å². The molecule has 0 aromatic heterocycles.